The third-order valence-electron chi connectivity index (χ3n) is 1.92. The van der Waals surface area contributed by atoms with E-state index in [1.54, 1.807) is 6.92 Å². The van der Waals surface area contributed by atoms with Gasteiger partial charge in [-0.05, 0) is 19.8 Å². The second-order valence-corrected chi connectivity index (χ2v) is 3.40. The van der Waals surface area contributed by atoms with E-state index >= 15 is 0 Å². The van der Waals surface area contributed by atoms with Gasteiger partial charge in [0, 0.05) is 12.7 Å². The van der Waals surface area contributed by atoms with Crippen molar-refractivity contribution in [1.82, 2.24) is 15.3 Å². The van der Waals surface area contributed by atoms with Crippen LogP contribution in [0.4, 0.5) is 0 Å². The predicted octanol–water partition coefficient (Wildman–Crippen LogP) is -0.406. The number of aliphatic hydroxyl groups is 1. The summed E-state index contributed by atoms with van der Waals surface area (Å²) < 4.78 is 0. The van der Waals surface area contributed by atoms with Crippen molar-refractivity contribution in [3.05, 3.63) is 22.4 Å². The van der Waals surface area contributed by atoms with Crippen LogP contribution >= 0.6 is 0 Å². The van der Waals surface area contributed by atoms with Crippen LogP contribution in [0, 0.1) is 0 Å². The largest absolute Gasteiger partial charge is 0.393 e. The second-order valence-electron chi connectivity index (χ2n) is 3.40. The zero-order valence-electron chi connectivity index (χ0n) is 8.54. The van der Waals surface area contributed by atoms with Crippen molar-refractivity contribution in [2.45, 2.75) is 25.9 Å². The van der Waals surface area contributed by atoms with Crippen LogP contribution in [0.2, 0.25) is 0 Å². The molecule has 0 fully saturated rings. The summed E-state index contributed by atoms with van der Waals surface area (Å²) in [6.07, 6.45) is 2.32. The van der Waals surface area contributed by atoms with Crippen LogP contribution in [0.25, 0.3) is 0 Å². The molecule has 4 N–H and O–H groups in total. The van der Waals surface area contributed by atoms with Crippen LogP contribution < -0.4 is 11.0 Å². The Labute approximate surface area is 86.7 Å². The van der Waals surface area contributed by atoms with Gasteiger partial charge in [0.15, 0.2) is 0 Å². The second kappa shape index (κ2) is 5.35. The average molecular weight is 213 g/mol. The molecule has 6 nitrogen and oxygen atoms in total. The molecule has 0 radical (unpaired) electrons. The predicted molar refractivity (Wildman–Crippen MR) is 54.7 cm³/mol. The summed E-state index contributed by atoms with van der Waals surface area (Å²) in [5.41, 5.74) is -0.179. The van der Waals surface area contributed by atoms with Crippen molar-refractivity contribution in [2.24, 2.45) is 0 Å². The zero-order chi connectivity index (χ0) is 11.3. The van der Waals surface area contributed by atoms with Gasteiger partial charge in [0.2, 0.25) is 0 Å². The fourth-order valence-corrected chi connectivity index (χ4v) is 1.15. The van der Waals surface area contributed by atoms with Crippen LogP contribution in [0.15, 0.2) is 11.0 Å². The van der Waals surface area contributed by atoms with Gasteiger partial charge in [-0.2, -0.15) is 0 Å². The molecule has 15 heavy (non-hydrogen) atoms. The molecule has 1 atom stereocenters. The number of H-pyrrole nitrogens is 2. The minimum Gasteiger partial charge on any atom is -0.393 e. The Hall–Kier alpha value is -1.56. The highest BCUT2D eigenvalue weighted by atomic mass is 16.3. The highest BCUT2D eigenvalue weighted by Crippen LogP contribution is 1.94. The summed E-state index contributed by atoms with van der Waals surface area (Å²) in [7, 11) is 0. The van der Waals surface area contributed by atoms with Gasteiger partial charge < -0.3 is 20.4 Å². The van der Waals surface area contributed by atoms with E-state index in [-0.39, 0.29) is 17.7 Å². The van der Waals surface area contributed by atoms with Gasteiger partial charge in [-0.3, -0.25) is 4.79 Å². The Morgan fingerprint density at radius 3 is 2.93 bits per heavy atom. The summed E-state index contributed by atoms with van der Waals surface area (Å²) in [5, 5.41) is 11.6. The number of hydrogen-bond acceptors (Lipinski definition) is 3. The SMILES string of the molecule is CC(O)CCCNC(=O)c1c[nH]c(=O)[nH]1. The summed E-state index contributed by atoms with van der Waals surface area (Å²) in [5.74, 6) is -0.320. The molecule has 1 rings (SSSR count). The number of aromatic nitrogens is 2. The number of aromatic amines is 2. The molecule has 84 valence electrons. The first-order valence-electron chi connectivity index (χ1n) is 4.83. The van der Waals surface area contributed by atoms with Crippen LogP contribution in [0.1, 0.15) is 30.3 Å². The Morgan fingerprint density at radius 2 is 2.40 bits per heavy atom. The lowest BCUT2D eigenvalue weighted by molar-refractivity contribution is 0.0945. The molecule has 0 saturated carbocycles. The van der Waals surface area contributed by atoms with Gasteiger partial charge in [0.05, 0.1) is 6.10 Å². The van der Waals surface area contributed by atoms with Crippen molar-refractivity contribution in [1.29, 1.82) is 0 Å². The molecule has 0 saturated heterocycles. The van der Waals surface area contributed by atoms with E-state index in [4.69, 9.17) is 5.11 Å². The molecule has 6 heteroatoms. The molecule has 0 bridgehead atoms. The molecule has 0 aliphatic heterocycles. The first-order valence-corrected chi connectivity index (χ1v) is 4.83. The number of hydrogen-bond donors (Lipinski definition) is 4. The fourth-order valence-electron chi connectivity index (χ4n) is 1.15. The lowest BCUT2D eigenvalue weighted by Gasteiger charge is -2.04. The van der Waals surface area contributed by atoms with E-state index in [0.29, 0.717) is 19.4 Å². The maximum absolute atomic E-state index is 11.3. The fraction of sp³-hybridized carbons (Fsp3) is 0.556. The molecule has 1 unspecified atom stereocenters. The van der Waals surface area contributed by atoms with Crippen LogP contribution in [-0.2, 0) is 0 Å². The number of carbonyl (C=O) groups excluding carboxylic acids is 1. The molecule has 0 aliphatic carbocycles. The normalized spacial score (nSPS) is 12.4. The molecule has 1 heterocycles. The van der Waals surface area contributed by atoms with Gasteiger partial charge in [0.1, 0.15) is 5.69 Å². The van der Waals surface area contributed by atoms with E-state index in [1.807, 2.05) is 0 Å². The van der Waals surface area contributed by atoms with E-state index in [1.165, 1.54) is 6.20 Å². The highest BCUT2D eigenvalue weighted by molar-refractivity contribution is 5.91. The summed E-state index contributed by atoms with van der Waals surface area (Å²) in [6.45, 7) is 2.18. The van der Waals surface area contributed by atoms with E-state index in [0.717, 1.165) is 0 Å². The molecular formula is C9H15N3O3. The lowest BCUT2D eigenvalue weighted by atomic mass is 10.2. The maximum atomic E-state index is 11.3. The number of imidazole rings is 1. The number of amides is 1. The summed E-state index contributed by atoms with van der Waals surface area (Å²) in [6, 6.07) is 0. The van der Waals surface area contributed by atoms with Gasteiger partial charge in [-0.1, -0.05) is 0 Å². The zero-order valence-corrected chi connectivity index (χ0v) is 8.54. The molecule has 1 aromatic heterocycles. The van der Waals surface area contributed by atoms with E-state index < -0.39 is 5.69 Å². The van der Waals surface area contributed by atoms with Crippen molar-refractivity contribution in [3.8, 4) is 0 Å². The summed E-state index contributed by atoms with van der Waals surface area (Å²) in [4.78, 5) is 26.7. The molecule has 1 aromatic rings. The van der Waals surface area contributed by atoms with Crippen LogP contribution in [-0.4, -0.2) is 33.6 Å². The third kappa shape index (κ3) is 3.99. The van der Waals surface area contributed by atoms with Gasteiger partial charge in [-0.25, -0.2) is 4.79 Å². The van der Waals surface area contributed by atoms with Crippen molar-refractivity contribution < 1.29 is 9.90 Å². The minimum atomic E-state index is -0.399. The number of aliphatic hydroxyl groups excluding tert-OH is 1. The van der Waals surface area contributed by atoms with E-state index in [2.05, 4.69) is 15.3 Å². The molecule has 0 spiro atoms. The molecule has 0 aliphatic rings. The molecular weight excluding hydrogens is 198 g/mol. The standard InChI is InChI=1S/C9H15N3O3/c1-6(13)3-2-4-10-8(14)7-5-11-9(15)12-7/h5-6,13H,2-4H2,1H3,(H,10,14)(H2,11,12,15). The topological polar surface area (TPSA) is 98.0 Å². The lowest BCUT2D eigenvalue weighted by Crippen LogP contribution is -2.25. The molecule has 0 aromatic carbocycles. The van der Waals surface area contributed by atoms with Crippen LogP contribution in [0.5, 0.6) is 0 Å². The monoisotopic (exact) mass is 213 g/mol. The quantitative estimate of drug-likeness (QED) is 0.500. The Kier molecular flexibility index (Phi) is 4.11. The Morgan fingerprint density at radius 1 is 1.67 bits per heavy atom. The number of rotatable bonds is 5. The summed E-state index contributed by atoms with van der Waals surface area (Å²) >= 11 is 0. The average Bonchev–Trinajstić information content (AvgIpc) is 2.59. The smallest absolute Gasteiger partial charge is 0.323 e. The van der Waals surface area contributed by atoms with Crippen molar-refractivity contribution >= 4 is 5.91 Å². The van der Waals surface area contributed by atoms with Gasteiger partial charge >= 0.3 is 5.69 Å². The number of carbonyl (C=O) groups is 1. The Balaban J connectivity index is 2.28. The van der Waals surface area contributed by atoms with Gasteiger partial charge in [-0.15, -0.1) is 0 Å². The molecule has 1 amide bonds. The Bertz CT molecular complexity index is 367. The van der Waals surface area contributed by atoms with Gasteiger partial charge in [0.25, 0.3) is 5.91 Å². The minimum absolute atomic E-state index is 0.219. The van der Waals surface area contributed by atoms with Crippen LogP contribution in [0.3, 0.4) is 0 Å². The van der Waals surface area contributed by atoms with Crippen molar-refractivity contribution in [3.63, 3.8) is 0 Å². The number of nitrogens with one attached hydrogen (secondary N) is 3. The highest BCUT2D eigenvalue weighted by Gasteiger charge is 2.06. The first-order chi connectivity index (χ1) is 7.09. The maximum Gasteiger partial charge on any atom is 0.323 e. The first kappa shape index (κ1) is 11.5. The third-order valence-corrected chi connectivity index (χ3v) is 1.92. The van der Waals surface area contributed by atoms with Crippen molar-refractivity contribution in [2.75, 3.05) is 6.54 Å². The van der Waals surface area contributed by atoms with E-state index in [9.17, 15) is 9.59 Å².